The Morgan fingerprint density at radius 3 is 1.82 bits per heavy atom. The van der Waals surface area contributed by atoms with Gasteiger partial charge < -0.3 is 9.80 Å². The number of hydrogen-bond acceptors (Lipinski definition) is 3. The highest BCUT2D eigenvalue weighted by atomic mass is 15.3. The molecule has 2 fully saturated rings. The van der Waals surface area contributed by atoms with Crippen LogP contribution in [0, 0.1) is 11.3 Å². The Morgan fingerprint density at radius 1 is 0.773 bits per heavy atom. The Balaban J connectivity index is 1.53. The minimum Gasteiger partial charge on any atom is -0.303 e. The molecule has 0 radical (unpaired) electrons. The van der Waals surface area contributed by atoms with Crippen molar-refractivity contribution in [3.05, 3.63) is 0 Å². The van der Waals surface area contributed by atoms with Crippen molar-refractivity contribution < 1.29 is 0 Å². The molecule has 0 atom stereocenters. The fourth-order valence-electron chi connectivity index (χ4n) is 4.01. The van der Waals surface area contributed by atoms with Gasteiger partial charge in [0.1, 0.15) is 0 Å². The third-order valence-corrected chi connectivity index (χ3v) is 5.20. The summed E-state index contributed by atoms with van der Waals surface area (Å²) < 4.78 is 0. The monoisotopic (exact) mass is 309 g/mol. The number of nitrogens with zero attached hydrogens (tertiary/aromatic N) is 3. The van der Waals surface area contributed by atoms with Crippen LogP contribution in [-0.4, -0.2) is 72.6 Å². The standard InChI is InChI=1S/C19H39N3/c1-18(2,3)14-17-15-21(16-17)9-7-8-20-10-12-22(13-11-20)19(4,5)6/h17H,7-16H2,1-6H3. The fourth-order valence-corrected chi connectivity index (χ4v) is 4.01. The Kier molecular flexibility index (Phi) is 5.95. The summed E-state index contributed by atoms with van der Waals surface area (Å²) >= 11 is 0. The zero-order chi connectivity index (χ0) is 16.4. The van der Waals surface area contributed by atoms with Crippen LogP contribution in [0.3, 0.4) is 0 Å². The average molecular weight is 310 g/mol. The highest BCUT2D eigenvalue weighted by Gasteiger charge is 2.30. The molecule has 3 nitrogen and oxygen atoms in total. The minimum absolute atomic E-state index is 0.339. The zero-order valence-corrected chi connectivity index (χ0v) is 16.0. The van der Waals surface area contributed by atoms with Crippen LogP contribution in [0.1, 0.15) is 54.4 Å². The van der Waals surface area contributed by atoms with Crippen molar-refractivity contribution in [3.63, 3.8) is 0 Å². The maximum atomic E-state index is 2.66. The number of rotatable bonds is 5. The summed E-state index contributed by atoms with van der Waals surface area (Å²) in [7, 11) is 0. The van der Waals surface area contributed by atoms with Crippen molar-refractivity contribution in [2.45, 2.75) is 59.9 Å². The van der Waals surface area contributed by atoms with E-state index in [-0.39, 0.29) is 0 Å². The number of piperazine rings is 1. The van der Waals surface area contributed by atoms with Gasteiger partial charge in [0.25, 0.3) is 0 Å². The van der Waals surface area contributed by atoms with Gasteiger partial charge in [0.2, 0.25) is 0 Å². The van der Waals surface area contributed by atoms with E-state index in [2.05, 4.69) is 56.2 Å². The lowest BCUT2D eigenvalue weighted by Gasteiger charge is -2.43. The van der Waals surface area contributed by atoms with Crippen LogP contribution in [0.4, 0.5) is 0 Å². The molecular formula is C19H39N3. The molecule has 2 aliphatic rings. The molecule has 22 heavy (non-hydrogen) atoms. The molecule has 0 spiro atoms. The Labute approximate surface area is 139 Å². The highest BCUT2D eigenvalue weighted by Crippen LogP contribution is 2.30. The fraction of sp³-hybridized carbons (Fsp3) is 1.00. The summed E-state index contributed by atoms with van der Waals surface area (Å²) in [4.78, 5) is 7.94. The summed E-state index contributed by atoms with van der Waals surface area (Å²) in [5, 5.41) is 0. The van der Waals surface area contributed by atoms with E-state index in [1.165, 1.54) is 65.2 Å². The molecule has 0 bridgehead atoms. The minimum atomic E-state index is 0.339. The van der Waals surface area contributed by atoms with Gasteiger partial charge in [-0.3, -0.25) is 4.90 Å². The van der Waals surface area contributed by atoms with E-state index < -0.39 is 0 Å². The molecule has 0 saturated carbocycles. The van der Waals surface area contributed by atoms with E-state index in [1.54, 1.807) is 0 Å². The first-order valence-corrected chi connectivity index (χ1v) is 9.33. The number of likely N-dealkylation sites (tertiary alicyclic amines) is 1. The summed E-state index contributed by atoms with van der Waals surface area (Å²) in [6, 6.07) is 0. The molecule has 2 rings (SSSR count). The van der Waals surface area contributed by atoms with Gasteiger partial charge in [-0.1, -0.05) is 20.8 Å². The van der Waals surface area contributed by atoms with Crippen LogP contribution in [0.15, 0.2) is 0 Å². The summed E-state index contributed by atoms with van der Waals surface area (Å²) in [6.45, 7) is 24.4. The second-order valence-corrected chi connectivity index (χ2v) is 9.74. The van der Waals surface area contributed by atoms with E-state index in [1.807, 2.05) is 0 Å². The van der Waals surface area contributed by atoms with Crippen LogP contribution in [-0.2, 0) is 0 Å². The van der Waals surface area contributed by atoms with E-state index in [4.69, 9.17) is 0 Å². The molecule has 0 unspecified atom stereocenters. The van der Waals surface area contributed by atoms with Crippen LogP contribution in [0.2, 0.25) is 0 Å². The van der Waals surface area contributed by atoms with Crippen LogP contribution >= 0.6 is 0 Å². The van der Waals surface area contributed by atoms with Gasteiger partial charge in [-0.05, 0) is 58.0 Å². The maximum Gasteiger partial charge on any atom is 0.0126 e. The van der Waals surface area contributed by atoms with E-state index in [0.717, 1.165) is 5.92 Å². The molecule has 0 aliphatic carbocycles. The predicted molar refractivity (Wildman–Crippen MR) is 96.4 cm³/mol. The Bertz CT molecular complexity index is 326. The topological polar surface area (TPSA) is 9.72 Å². The predicted octanol–water partition coefficient (Wildman–Crippen LogP) is 3.16. The van der Waals surface area contributed by atoms with Crippen molar-refractivity contribution in [3.8, 4) is 0 Å². The summed E-state index contributed by atoms with van der Waals surface area (Å²) in [5.41, 5.74) is 0.843. The Hall–Kier alpha value is -0.120. The molecule has 2 aliphatic heterocycles. The number of hydrogen-bond donors (Lipinski definition) is 0. The van der Waals surface area contributed by atoms with Crippen molar-refractivity contribution in [2.75, 3.05) is 52.4 Å². The normalized spacial score (nSPS) is 23.7. The molecule has 3 heteroatoms. The van der Waals surface area contributed by atoms with E-state index in [9.17, 15) is 0 Å². The van der Waals surface area contributed by atoms with Gasteiger partial charge >= 0.3 is 0 Å². The second-order valence-electron chi connectivity index (χ2n) is 9.74. The summed E-state index contributed by atoms with van der Waals surface area (Å²) in [6.07, 6.45) is 2.73. The van der Waals surface area contributed by atoms with Crippen LogP contribution < -0.4 is 0 Å². The van der Waals surface area contributed by atoms with Crippen molar-refractivity contribution in [1.29, 1.82) is 0 Å². The van der Waals surface area contributed by atoms with Crippen molar-refractivity contribution in [1.82, 2.24) is 14.7 Å². The van der Waals surface area contributed by atoms with Crippen LogP contribution in [0.5, 0.6) is 0 Å². The second kappa shape index (κ2) is 7.19. The van der Waals surface area contributed by atoms with E-state index in [0.29, 0.717) is 11.0 Å². The van der Waals surface area contributed by atoms with Gasteiger partial charge in [0, 0.05) is 44.8 Å². The lowest BCUT2D eigenvalue weighted by molar-refractivity contribution is 0.0482. The molecule has 0 aromatic heterocycles. The van der Waals surface area contributed by atoms with E-state index >= 15 is 0 Å². The smallest absolute Gasteiger partial charge is 0.0126 e. The van der Waals surface area contributed by atoms with Gasteiger partial charge in [0.15, 0.2) is 0 Å². The summed E-state index contributed by atoms with van der Waals surface area (Å²) in [5.74, 6) is 0.954. The maximum absolute atomic E-state index is 2.66. The molecule has 2 heterocycles. The highest BCUT2D eigenvalue weighted by molar-refractivity contribution is 4.84. The first-order chi connectivity index (χ1) is 10.1. The largest absolute Gasteiger partial charge is 0.303 e. The first-order valence-electron chi connectivity index (χ1n) is 9.33. The van der Waals surface area contributed by atoms with Crippen LogP contribution in [0.25, 0.3) is 0 Å². The van der Waals surface area contributed by atoms with Gasteiger partial charge in [0.05, 0.1) is 0 Å². The molecule has 2 saturated heterocycles. The third kappa shape index (κ3) is 5.82. The SMILES string of the molecule is CC(C)(C)CC1CN(CCCN2CCN(C(C)(C)C)CC2)C1. The van der Waals surface area contributed by atoms with Gasteiger partial charge in [-0.2, -0.15) is 0 Å². The van der Waals surface area contributed by atoms with Gasteiger partial charge in [-0.25, -0.2) is 0 Å². The first kappa shape index (κ1) is 18.2. The lowest BCUT2D eigenvalue weighted by Crippen LogP contribution is -2.54. The molecule has 130 valence electrons. The van der Waals surface area contributed by atoms with Crippen molar-refractivity contribution in [2.24, 2.45) is 11.3 Å². The molecule has 0 aromatic rings. The zero-order valence-electron chi connectivity index (χ0n) is 16.0. The molecule has 0 amide bonds. The average Bonchev–Trinajstić information content (AvgIpc) is 2.33. The van der Waals surface area contributed by atoms with Gasteiger partial charge in [-0.15, -0.1) is 0 Å². The molecular weight excluding hydrogens is 270 g/mol. The molecule has 0 N–H and O–H groups in total. The third-order valence-electron chi connectivity index (χ3n) is 5.20. The quantitative estimate of drug-likeness (QED) is 0.772. The lowest BCUT2D eigenvalue weighted by atomic mass is 9.81. The Morgan fingerprint density at radius 2 is 1.32 bits per heavy atom. The van der Waals surface area contributed by atoms with Crippen molar-refractivity contribution >= 4 is 0 Å². The molecule has 0 aromatic carbocycles.